The van der Waals surface area contributed by atoms with E-state index in [-0.39, 0.29) is 19.1 Å². The molecule has 2 aromatic carbocycles. The van der Waals surface area contributed by atoms with E-state index >= 15 is 0 Å². The Morgan fingerprint density at radius 1 is 1.08 bits per heavy atom. The Bertz CT molecular complexity index is 893. The molecule has 1 amide bonds. The van der Waals surface area contributed by atoms with Crippen LogP contribution in [0.1, 0.15) is 11.1 Å². The van der Waals surface area contributed by atoms with Crippen LogP contribution in [0.15, 0.2) is 57.7 Å². The molecular weight excluding hydrogens is 308 g/mol. The smallest absolute Gasteiger partial charge is 0.408 e. The molecule has 0 saturated heterocycles. The molecule has 0 saturated carbocycles. The Morgan fingerprint density at radius 2 is 1.79 bits per heavy atom. The number of aliphatic hydroxyl groups excluding tert-OH is 1. The number of aliphatic hydroxyl groups is 1. The quantitative estimate of drug-likeness (QED) is 0.718. The minimum atomic E-state index is -0.536. The minimum absolute atomic E-state index is 0.0183. The van der Waals surface area contributed by atoms with Gasteiger partial charge < -0.3 is 14.8 Å². The topological polar surface area (TPSA) is 84.5 Å². The summed E-state index contributed by atoms with van der Waals surface area (Å²) in [6.07, 6.45) is 0.679. The Hall–Kier alpha value is -2.86. The molecule has 6 nitrogen and oxygen atoms in total. The molecular formula is C18H18N2O4. The second-order valence-electron chi connectivity index (χ2n) is 5.50. The van der Waals surface area contributed by atoms with E-state index in [1.807, 2.05) is 24.3 Å². The van der Waals surface area contributed by atoms with Crippen molar-refractivity contribution in [1.82, 2.24) is 9.88 Å². The summed E-state index contributed by atoms with van der Waals surface area (Å²) in [4.78, 5) is 23.9. The van der Waals surface area contributed by atoms with Crippen LogP contribution < -0.4 is 11.1 Å². The number of nitrogens with one attached hydrogen (secondary N) is 1. The van der Waals surface area contributed by atoms with E-state index in [1.165, 1.54) is 4.57 Å². The highest BCUT2D eigenvalue weighted by atomic mass is 16.4. The van der Waals surface area contributed by atoms with Gasteiger partial charge in [-0.1, -0.05) is 36.4 Å². The number of para-hydroxylation sites is 2. The first-order valence-corrected chi connectivity index (χ1v) is 7.71. The zero-order valence-electron chi connectivity index (χ0n) is 13.1. The lowest BCUT2D eigenvalue weighted by molar-refractivity contribution is -0.121. The second-order valence-corrected chi connectivity index (χ2v) is 5.50. The van der Waals surface area contributed by atoms with Gasteiger partial charge >= 0.3 is 5.76 Å². The van der Waals surface area contributed by atoms with Gasteiger partial charge in [-0.3, -0.25) is 9.36 Å². The molecule has 0 radical (unpaired) electrons. The SMILES string of the molecule is O=C(Cn1c(=O)oc2ccccc21)NCCc1ccc(CO)cc1. The van der Waals surface area contributed by atoms with E-state index in [9.17, 15) is 9.59 Å². The van der Waals surface area contributed by atoms with Crippen molar-refractivity contribution in [3.8, 4) is 0 Å². The molecule has 0 spiro atoms. The number of amides is 1. The number of nitrogens with zero attached hydrogens (tertiary/aromatic N) is 1. The minimum Gasteiger partial charge on any atom is -0.408 e. The predicted octanol–water partition coefficient (Wildman–Crippen LogP) is 1.45. The number of carbonyl (C=O) groups excluding carboxylic acids is 1. The highest BCUT2D eigenvalue weighted by Crippen LogP contribution is 2.11. The van der Waals surface area contributed by atoms with E-state index in [0.29, 0.717) is 24.1 Å². The molecule has 2 N–H and O–H groups in total. The number of carbonyl (C=O) groups is 1. The lowest BCUT2D eigenvalue weighted by Crippen LogP contribution is -2.32. The van der Waals surface area contributed by atoms with Gasteiger partial charge in [0.05, 0.1) is 12.1 Å². The number of hydrogen-bond donors (Lipinski definition) is 2. The molecule has 1 heterocycles. The summed E-state index contributed by atoms with van der Waals surface area (Å²) in [6, 6.07) is 14.6. The molecule has 6 heteroatoms. The molecule has 0 aliphatic carbocycles. The average Bonchev–Trinajstić information content (AvgIpc) is 2.91. The number of hydrogen-bond acceptors (Lipinski definition) is 4. The number of rotatable bonds is 6. The van der Waals surface area contributed by atoms with Crippen molar-refractivity contribution >= 4 is 17.0 Å². The Kier molecular flexibility index (Phi) is 4.77. The van der Waals surface area contributed by atoms with Crippen molar-refractivity contribution < 1.29 is 14.3 Å². The second kappa shape index (κ2) is 7.14. The van der Waals surface area contributed by atoms with Gasteiger partial charge in [-0.2, -0.15) is 0 Å². The maximum atomic E-state index is 12.1. The van der Waals surface area contributed by atoms with Crippen LogP contribution in [0.3, 0.4) is 0 Å². The molecule has 0 unspecified atom stereocenters. The van der Waals surface area contributed by atoms with Gasteiger partial charge in [-0.15, -0.1) is 0 Å². The summed E-state index contributed by atoms with van der Waals surface area (Å²) in [5, 5.41) is 11.8. The molecule has 124 valence electrons. The van der Waals surface area contributed by atoms with Crippen LogP contribution in [-0.4, -0.2) is 22.1 Å². The van der Waals surface area contributed by atoms with E-state index in [0.717, 1.165) is 11.1 Å². The summed E-state index contributed by atoms with van der Waals surface area (Å²) in [5.41, 5.74) is 3.00. The molecule has 0 aliphatic heterocycles. The molecule has 0 fully saturated rings. The molecule has 0 atom stereocenters. The number of oxazole rings is 1. The number of benzene rings is 2. The Labute approximate surface area is 138 Å². The largest absolute Gasteiger partial charge is 0.420 e. The fraction of sp³-hybridized carbons (Fsp3) is 0.222. The van der Waals surface area contributed by atoms with E-state index in [2.05, 4.69) is 5.32 Å². The van der Waals surface area contributed by atoms with Gasteiger partial charge in [0, 0.05) is 6.54 Å². The summed E-state index contributed by atoms with van der Waals surface area (Å²) >= 11 is 0. The summed E-state index contributed by atoms with van der Waals surface area (Å²) in [6.45, 7) is 0.422. The van der Waals surface area contributed by atoms with Crippen LogP contribution in [0.2, 0.25) is 0 Å². The standard InChI is InChI=1S/C18H18N2O4/c21-12-14-7-5-13(6-8-14)9-10-19-17(22)11-20-15-3-1-2-4-16(15)24-18(20)23/h1-8,21H,9-12H2,(H,19,22). The van der Waals surface area contributed by atoms with Crippen LogP contribution in [0.4, 0.5) is 0 Å². The summed E-state index contributed by atoms with van der Waals surface area (Å²) in [5.74, 6) is -0.776. The summed E-state index contributed by atoms with van der Waals surface area (Å²) < 4.78 is 6.42. The van der Waals surface area contributed by atoms with Crippen molar-refractivity contribution in [2.24, 2.45) is 0 Å². The van der Waals surface area contributed by atoms with E-state index in [1.54, 1.807) is 24.3 Å². The van der Waals surface area contributed by atoms with Gasteiger partial charge in [0.1, 0.15) is 6.54 Å². The fourth-order valence-electron chi connectivity index (χ4n) is 2.52. The van der Waals surface area contributed by atoms with Gasteiger partial charge in [0.15, 0.2) is 5.58 Å². The monoisotopic (exact) mass is 326 g/mol. The first-order valence-electron chi connectivity index (χ1n) is 7.71. The van der Waals surface area contributed by atoms with Gasteiger partial charge in [0.25, 0.3) is 0 Å². The van der Waals surface area contributed by atoms with E-state index in [4.69, 9.17) is 9.52 Å². The van der Waals surface area contributed by atoms with Crippen molar-refractivity contribution in [2.45, 2.75) is 19.6 Å². The number of fused-ring (bicyclic) bond motifs is 1. The first-order chi connectivity index (χ1) is 11.7. The van der Waals surface area contributed by atoms with Gasteiger partial charge in [0.2, 0.25) is 5.91 Å². The highest BCUT2D eigenvalue weighted by Gasteiger charge is 2.11. The molecule has 3 aromatic rings. The molecule has 0 bridgehead atoms. The van der Waals surface area contributed by atoms with Crippen LogP contribution >= 0.6 is 0 Å². The van der Waals surface area contributed by atoms with Crippen molar-refractivity contribution in [3.05, 3.63) is 70.2 Å². The molecule has 24 heavy (non-hydrogen) atoms. The molecule has 0 aliphatic rings. The lowest BCUT2D eigenvalue weighted by Gasteiger charge is -2.06. The third-order valence-corrected chi connectivity index (χ3v) is 3.82. The predicted molar refractivity (Wildman–Crippen MR) is 89.6 cm³/mol. The van der Waals surface area contributed by atoms with Crippen molar-refractivity contribution in [1.29, 1.82) is 0 Å². The first kappa shape index (κ1) is 16.0. The van der Waals surface area contributed by atoms with E-state index < -0.39 is 5.76 Å². The lowest BCUT2D eigenvalue weighted by atomic mass is 10.1. The fourth-order valence-corrected chi connectivity index (χ4v) is 2.52. The van der Waals surface area contributed by atoms with Crippen LogP contribution in [0, 0.1) is 0 Å². The molecule has 3 rings (SSSR count). The van der Waals surface area contributed by atoms with Crippen LogP contribution in [0.25, 0.3) is 11.1 Å². The highest BCUT2D eigenvalue weighted by molar-refractivity contribution is 5.79. The maximum Gasteiger partial charge on any atom is 0.420 e. The normalized spacial score (nSPS) is 10.9. The zero-order chi connectivity index (χ0) is 16.9. The number of aromatic nitrogens is 1. The van der Waals surface area contributed by atoms with Crippen LogP contribution in [-0.2, 0) is 24.4 Å². The van der Waals surface area contributed by atoms with Crippen molar-refractivity contribution in [2.75, 3.05) is 6.54 Å². The van der Waals surface area contributed by atoms with Crippen molar-refractivity contribution in [3.63, 3.8) is 0 Å². The summed E-state index contributed by atoms with van der Waals surface area (Å²) in [7, 11) is 0. The average molecular weight is 326 g/mol. The third kappa shape index (κ3) is 3.55. The van der Waals surface area contributed by atoms with Gasteiger partial charge in [-0.25, -0.2) is 4.79 Å². The third-order valence-electron chi connectivity index (χ3n) is 3.82. The Morgan fingerprint density at radius 3 is 2.54 bits per heavy atom. The maximum absolute atomic E-state index is 12.1. The molecule has 1 aromatic heterocycles. The van der Waals surface area contributed by atoms with Crippen LogP contribution in [0.5, 0.6) is 0 Å². The Balaban J connectivity index is 1.57. The van der Waals surface area contributed by atoms with Gasteiger partial charge in [-0.05, 0) is 29.7 Å². The zero-order valence-corrected chi connectivity index (χ0v) is 13.1.